The Morgan fingerprint density at radius 3 is 2.79 bits per heavy atom. The first-order chi connectivity index (χ1) is 9.22. The van der Waals surface area contributed by atoms with Gasteiger partial charge in [0.2, 0.25) is 0 Å². The summed E-state index contributed by atoms with van der Waals surface area (Å²) in [6.07, 6.45) is 6.62. The molecule has 1 aliphatic rings. The lowest BCUT2D eigenvalue weighted by molar-refractivity contribution is -0.151. The third-order valence-corrected chi connectivity index (χ3v) is 3.58. The Hall–Kier alpha value is -2.16. The van der Waals surface area contributed by atoms with E-state index < -0.39 is 5.41 Å². The number of esters is 1. The van der Waals surface area contributed by atoms with Gasteiger partial charge in [-0.15, -0.1) is 0 Å². The highest BCUT2D eigenvalue weighted by molar-refractivity contribution is 5.78. The molecule has 0 unspecified atom stereocenters. The molecule has 6 nitrogen and oxygen atoms in total. The maximum atomic E-state index is 11.9. The Balaban J connectivity index is 2.12. The van der Waals surface area contributed by atoms with E-state index in [-0.39, 0.29) is 11.7 Å². The van der Waals surface area contributed by atoms with Crippen molar-refractivity contribution in [2.45, 2.75) is 25.7 Å². The number of anilines is 1. The van der Waals surface area contributed by atoms with Crippen molar-refractivity contribution in [1.82, 2.24) is 9.97 Å². The predicted octanol–water partition coefficient (Wildman–Crippen LogP) is 1.49. The fourth-order valence-electron chi connectivity index (χ4n) is 2.52. The molecule has 6 heteroatoms. The molecule has 100 valence electrons. The molecule has 0 spiro atoms. The van der Waals surface area contributed by atoms with E-state index in [1.54, 1.807) is 0 Å². The first-order valence-electron chi connectivity index (χ1n) is 6.25. The molecule has 19 heavy (non-hydrogen) atoms. The standard InChI is InChI=1S/C13H16N4O2/c1-19-12(18)13(4-2-3-5-13)9-17-11-10(8-14)15-6-7-16-11/h6-7H,2-5,9H2,1H3,(H,16,17). The normalized spacial score (nSPS) is 16.6. The van der Waals surface area contributed by atoms with Gasteiger partial charge in [0, 0.05) is 18.9 Å². The molecule has 1 aliphatic carbocycles. The van der Waals surface area contributed by atoms with E-state index in [1.165, 1.54) is 19.5 Å². The summed E-state index contributed by atoms with van der Waals surface area (Å²) < 4.78 is 4.90. The minimum Gasteiger partial charge on any atom is -0.469 e. The number of nitriles is 1. The summed E-state index contributed by atoms with van der Waals surface area (Å²) >= 11 is 0. The lowest BCUT2D eigenvalue weighted by Crippen LogP contribution is -2.36. The molecule has 0 aromatic carbocycles. The largest absolute Gasteiger partial charge is 0.469 e. The second kappa shape index (κ2) is 5.65. The van der Waals surface area contributed by atoms with Gasteiger partial charge in [0.1, 0.15) is 6.07 Å². The predicted molar refractivity (Wildman–Crippen MR) is 68.2 cm³/mol. The Kier molecular flexibility index (Phi) is 3.95. The molecule has 1 N–H and O–H groups in total. The highest BCUT2D eigenvalue weighted by atomic mass is 16.5. The van der Waals surface area contributed by atoms with Crippen LogP contribution in [0.4, 0.5) is 5.82 Å². The lowest BCUT2D eigenvalue weighted by Gasteiger charge is -2.26. The van der Waals surface area contributed by atoms with Gasteiger partial charge >= 0.3 is 5.97 Å². The van der Waals surface area contributed by atoms with Gasteiger partial charge in [0.15, 0.2) is 11.5 Å². The number of carbonyl (C=O) groups excluding carboxylic acids is 1. The van der Waals surface area contributed by atoms with Crippen LogP contribution >= 0.6 is 0 Å². The number of nitrogens with zero attached hydrogens (tertiary/aromatic N) is 3. The second-order valence-electron chi connectivity index (χ2n) is 4.70. The number of nitrogens with one attached hydrogen (secondary N) is 1. The Morgan fingerprint density at radius 2 is 2.16 bits per heavy atom. The minimum atomic E-state index is -0.501. The van der Waals surface area contributed by atoms with Crippen LogP contribution in [0.15, 0.2) is 12.4 Å². The Bertz CT molecular complexity index is 504. The number of hydrogen-bond acceptors (Lipinski definition) is 6. The molecule has 0 bridgehead atoms. The van der Waals surface area contributed by atoms with Gasteiger partial charge in [-0.1, -0.05) is 12.8 Å². The number of hydrogen-bond donors (Lipinski definition) is 1. The van der Waals surface area contributed by atoms with E-state index in [0.29, 0.717) is 12.4 Å². The molecular weight excluding hydrogens is 244 g/mol. The average Bonchev–Trinajstić information content (AvgIpc) is 2.94. The van der Waals surface area contributed by atoms with Crippen LogP contribution in [0.3, 0.4) is 0 Å². The molecule has 1 fully saturated rings. The van der Waals surface area contributed by atoms with E-state index in [1.807, 2.05) is 6.07 Å². The molecule has 0 atom stereocenters. The van der Waals surface area contributed by atoms with Crippen LogP contribution in [-0.2, 0) is 9.53 Å². The maximum absolute atomic E-state index is 11.9. The van der Waals surface area contributed by atoms with Gasteiger partial charge in [-0.05, 0) is 12.8 Å². The van der Waals surface area contributed by atoms with Crippen molar-refractivity contribution in [1.29, 1.82) is 5.26 Å². The van der Waals surface area contributed by atoms with Crippen molar-refractivity contribution in [2.24, 2.45) is 5.41 Å². The van der Waals surface area contributed by atoms with Gasteiger partial charge in [0.05, 0.1) is 12.5 Å². The fraction of sp³-hybridized carbons (Fsp3) is 0.538. The van der Waals surface area contributed by atoms with Crippen LogP contribution in [-0.4, -0.2) is 29.6 Å². The van der Waals surface area contributed by atoms with Crippen molar-refractivity contribution in [3.05, 3.63) is 18.1 Å². The number of rotatable bonds is 4. The molecular formula is C13H16N4O2. The summed E-state index contributed by atoms with van der Waals surface area (Å²) in [5, 5.41) is 12.0. The maximum Gasteiger partial charge on any atom is 0.313 e. The topological polar surface area (TPSA) is 87.9 Å². The summed E-state index contributed by atoms with van der Waals surface area (Å²) in [5.41, 5.74) is -0.264. The van der Waals surface area contributed by atoms with Crippen LogP contribution in [0, 0.1) is 16.7 Å². The molecule has 0 amide bonds. The number of methoxy groups -OCH3 is 1. The third kappa shape index (κ3) is 2.65. The molecule has 1 aromatic rings. The van der Waals surface area contributed by atoms with Crippen molar-refractivity contribution >= 4 is 11.8 Å². The van der Waals surface area contributed by atoms with Crippen LogP contribution in [0.2, 0.25) is 0 Å². The van der Waals surface area contributed by atoms with E-state index >= 15 is 0 Å². The monoisotopic (exact) mass is 260 g/mol. The molecule has 0 saturated heterocycles. The van der Waals surface area contributed by atoms with Crippen molar-refractivity contribution in [3.8, 4) is 6.07 Å². The summed E-state index contributed by atoms with van der Waals surface area (Å²) in [6, 6.07) is 1.97. The molecule has 2 rings (SSSR count). The fourth-order valence-corrected chi connectivity index (χ4v) is 2.52. The minimum absolute atomic E-state index is 0.195. The first kappa shape index (κ1) is 13.3. The van der Waals surface area contributed by atoms with Gasteiger partial charge in [-0.3, -0.25) is 4.79 Å². The van der Waals surface area contributed by atoms with Crippen molar-refractivity contribution in [3.63, 3.8) is 0 Å². The van der Waals surface area contributed by atoms with E-state index in [9.17, 15) is 4.79 Å². The zero-order valence-corrected chi connectivity index (χ0v) is 10.8. The third-order valence-electron chi connectivity index (χ3n) is 3.58. The van der Waals surface area contributed by atoms with Gasteiger partial charge in [0.25, 0.3) is 0 Å². The summed E-state index contributed by atoms with van der Waals surface area (Å²) in [7, 11) is 1.41. The highest BCUT2D eigenvalue weighted by Gasteiger charge is 2.42. The van der Waals surface area contributed by atoms with Gasteiger partial charge in [-0.25, -0.2) is 9.97 Å². The molecule has 0 aliphatic heterocycles. The summed E-state index contributed by atoms with van der Waals surface area (Å²) in [5.74, 6) is 0.222. The second-order valence-corrected chi connectivity index (χ2v) is 4.70. The number of ether oxygens (including phenoxy) is 1. The zero-order chi connectivity index (χ0) is 13.7. The number of carbonyl (C=O) groups is 1. The van der Waals surface area contributed by atoms with Crippen LogP contribution in [0.25, 0.3) is 0 Å². The average molecular weight is 260 g/mol. The smallest absolute Gasteiger partial charge is 0.313 e. The van der Waals surface area contributed by atoms with Crippen molar-refractivity contribution in [2.75, 3.05) is 19.0 Å². The Labute approximate surface area is 111 Å². The van der Waals surface area contributed by atoms with E-state index in [2.05, 4.69) is 15.3 Å². The first-order valence-corrected chi connectivity index (χ1v) is 6.25. The molecule has 1 saturated carbocycles. The SMILES string of the molecule is COC(=O)C1(CNc2nccnc2C#N)CCCC1. The van der Waals surface area contributed by atoms with E-state index in [0.717, 1.165) is 25.7 Å². The van der Waals surface area contributed by atoms with Crippen LogP contribution in [0.5, 0.6) is 0 Å². The highest BCUT2D eigenvalue weighted by Crippen LogP contribution is 2.39. The lowest BCUT2D eigenvalue weighted by atomic mass is 9.86. The molecule has 1 heterocycles. The van der Waals surface area contributed by atoms with Crippen LogP contribution in [0.1, 0.15) is 31.4 Å². The zero-order valence-electron chi connectivity index (χ0n) is 10.8. The summed E-state index contributed by atoms with van der Waals surface area (Å²) in [6.45, 7) is 0.424. The van der Waals surface area contributed by atoms with E-state index in [4.69, 9.17) is 10.00 Å². The number of aromatic nitrogens is 2. The Morgan fingerprint density at radius 1 is 1.47 bits per heavy atom. The molecule has 0 radical (unpaired) electrons. The van der Waals surface area contributed by atoms with Crippen molar-refractivity contribution < 1.29 is 9.53 Å². The quantitative estimate of drug-likeness (QED) is 0.825. The van der Waals surface area contributed by atoms with Gasteiger partial charge in [-0.2, -0.15) is 5.26 Å². The van der Waals surface area contributed by atoms with Crippen LogP contribution < -0.4 is 5.32 Å². The van der Waals surface area contributed by atoms with Gasteiger partial charge < -0.3 is 10.1 Å². The summed E-state index contributed by atoms with van der Waals surface area (Å²) in [4.78, 5) is 20.0. The molecule has 1 aromatic heterocycles.